The van der Waals surface area contributed by atoms with Crippen molar-refractivity contribution in [2.24, 2.45) is 0 Å². The highest BCUT2D eigenvalue weighted by molar-refractivity contribution is 7.86. The molecule has 0 aromatic heterocycles. The van der Waals surface area contributed by atoms with Crippen LogP contribution in [0.25, 0.3) is 11.1 Å². The van der Waals surface area contributed by atoms with E-state index < -0.39 is 39.6 Å². The molecule has 8 nitrogen and oxygen atoms in total. The summed E-state index contributed by atoms with van der Waals surface area (Å²) in [6, 6.07) is 14.9. The van der Waals surface area contributed by atoms with Crippen LogP contribution in [0.3, 0.4) is 0 Å². The van der Waals surface area contributed by atoms with Gasteiger partial charge in [0, 0.05) is 35.9 Å². The molecule has 2 aromatic rings. The maximum absolute atomic E-state index is 12.7. The second-order valence-corrected chi connectivity index (χ2v) is 10.6. The number of benzene rings is 2. The van der Waals surface area contributed by atoms with Gasteiger partial charge < -0.3 is 20.5 Å². The Labute approximate surface area is 200 Å². The molecule has 1 saturated carbocycles. The number of nitrogens with one attached hydrogen (secondary N) is 2. The van der Waals surface area contributed by atoms with Crippen LogP contribution < -0.4 is 10.6 Å². The fourth-order valence-electron chi connectivity index (χ4n) is 4.40. The van der Waals surface area contributed by atoms with Crippen molar-refractivity contribution in [3.63, 3.8) is 0 Å². The summed E-state index contributed by atoms with van der Waals surface area (Å²) in [5.74, 6) is -1.70. The number of hydrogen-bond donors (Lipinski definition) is 3. The topological polar surface area (TPSA) is 122 Å². The second kappa shape index (κ2) is 9.97. The fraction of sp³-hybridized carbons (Fsp3) is 0.400. The Balaban J connectivity index is 1.38. The van der Waals surface area contributed by atoms with Crippen molar-refractivity contribution in [3.05, 3.63) is 59.7 Å². The number of ether oxygens (including phenoxy) is 1. The average molecular weight is 485 g/mol. The van der Waals surface area contributed by atoms with Crippen LogP contribution in [-0.2, 0) is 25.1 Å². The minimum Gasteiger partial charge on any atom is -0.481 e. The van der Waals surface area contributed by atoms with Crippen LogP contribution in [0.5, 0.6) is 0 Å². The van der Waals surface area contributed by atoms with Crippen LogP contribution in [0, 0.1) is 0 Å². The maximum atomic E-state index is 12.7. The minimum absolute atomic E-state index is 0.0758. The van der Waals surface area contributed by atoms with Gasteiger partial charge in [-0.25, -0.2) is 4.79 Å². The maximum Gasteiger partial charge on any atom is 0.407 e. The summed E-state index contributed by atoms with van der Waals surface area (Å²) >= 11 is 0. The van der Waals surface area contributed by atoms with Crippen molar-refractivity contribution in [1.82, 2.24) is 10.6 Å². The van der Waals surface area contributed by atoms with Gasteiger partial charge in [0.05, 0.1) is 4.75 Å². The zero-order chi connectivity index (χ0) is 24.3. The molecule has 2 atom stereocenters. The van der Waals surface area contributed by atoms with E-state index in [9.17, 15) is 18.6 Å². The molecule has 180 valence electrons. The van der Waals surface area contributed by atoms with Gasteiger partial charge in [0.15, 0.2) is 0 Å². The van der Waals surface area contributed by atoms with Crippen LogP contribution in [0.15, 0.2) is 48.5 Å². The molecule has 2 aromatic carbocycles. The number of carbonyl (C=O) groups is 3. The summed E-state index contributed by atoms with van der Waals surface area (Å²) < 4.78 is 17.0. The molecule has 4 rings (SSSR count). The van der Waals surface area contributed by atoms with Crippen molar-refractivity contribution >= 4 is 28.8 Å². The van der Waals surface area contributed by atoms with Crippen LogP contribution in [-0.4, -0.2) is 57.5 Å². The molecule has 3 N–H and O–H groups in total. The second-order valence-electron chi connectivity index (χ2n) is 8.81. The highest BCUT2D eigenvalue weighted by atomic mass is 32.2. The summed E-state index contributed by atoms with van der Waals surface area (Å²) in [4.78, 5) is 36.3. The van der Waals surface area contributed by atoms with E-state index in [-0.39, 0.29) is 31.9 Å². The molecule has 2 amide bonds. The predicted molar refractivity (Wildman–Crippen MR) is 128 cm³/mol. The number of carbonyl (C=O) groups excluding carboxylic acids is 2. The van der Waals surface area contributed by atoms with E-state index in [1.807, 2.05) is 48.5 Å². The molecular weight excluding hydrogens is 456 g/mol. The van der Waals surface area contributed by atoms with Crippen molar-refractivity contribution in [1.29, 1.82) is 0 Å². The molecule has 0 aliphatic heterocycles. The number of carboxylic acids is 1. The Morgan fingerprint density at radius 3 is 2.21 bits per heavy atom. The van der Waals surface area contributed by atoms with Crippen LogP contribution >= 0.6 is 0 Å². The smallest absolute Gasteiger partial charge is 0.407 e. The minimum atomic E-state index is -1.08. The zero-order valence-corrected chi connectivity index (χ0v) is 19.7. The average Bonchev–Trinajstić information content (AvgIpc) is 3.56. The van der Waals surface area contributed by atoms with Gasteiger partial charge in [-0.05, 0) is 41.5 Å². The third-order valence-electron chi connectivity index (χ3n) is 6.60. The van der Waals surface area contributed by atoms with Crippen molar-refractivity contribution in [2.45, 2.75) is 42.4 Å². The first kappa shape index (κ1) is 23.9. The van der Waals surface area contributed by atoms with Gasteiger partial charge in [-0.15, -0.1) is 0 Å². The van der Waals surface area contributed by atoms with Gasteiger partial charge in [0.25, 0.3) is 0 Å². The normalized spacial score (nSPS) is 17.1. The Kier molecular flexibility index (Phi) is 7.02. The summed E-state index contributed by atoms with van der Waals surface area (Å²) in [5.41, 5.74) is 4.35. The van der Waals surface area contributed by atoms with Crippen LogP contribution in [0.1, 0.15) is 42.7 Å². The van der Waals surface area contributed by atoms with Crippen LogP contribution in [0.2, 0.25) is 0 Å². The molecule has 0 bridgehead atoms. The van der Waals surface area contributed by atoms with Crippen molar-refractivity contribution in [3.8, 4) is 11.1 Å². The van der Waals surface area contributed by atoms with Crippen LogP contribution in [0.4, 0.5) is 4.79 Å². The van der Waals surface area contributed by atoms with Crippen molar-refractivity contribution < 1.29 is 28.4 Å². The monoisotopic (exact) mass is 484 g/mol. The van der Waals surface area contributed by atoms with E-state index in [4.69, 9.17) is 9.84 Å². The van der Waals surface area contributed by atoms with E-state index in [1.54, 1.807) is 6.26 Å². The molecule has 2 aliphatic carbocycles. The molecule has 9 heteroatoms. The first-order chi connectivity index (χ1) is 16.3. The first-order valence-corrected chi connectivity index (χ1v) is 12.8. The van der Waals surface area contributed by atoms with Crippen molar-refractivity contribution in [2.75, 3.05) is 19.4 Å². The fourth-order valence-corrected chi connectivity index (χ4v) is 5.35. The van der Waals surface area contributed by atoms with E-state index in [1.165, 1.54) is 0 Å². The number of rotatable bonds is 10. The summed E-state index contributed by atoms with van der Waals surface area (Å²) in [5, 5.41) is 14.3. The number of fused-ring (bicyclic) bond motifs is 3. The Bertz CT molecular complexity index is 1080. The third kappa shape index (κ3) is 5.14. The largest absolute Gasteiger partial charge is 0.481 e. The Hall–Kier alpha value is -3.20. The molecule has 0 spiro atoms. The van der Waals surface area contributed by atoms with Gasteiger partial charge in [0.2, 0.25) is 5.91 Å². The molecule has 34 heavy (non-hydrogen) atoms. The molecule has 0 radical (unpaired) electrons. The lowest BCUT2D eigenvalue weighted by Gasteiger charge is -2.21. The van der Waals surface area contributed by atoms with E-state index >= 15 is 0 Å². The van der Waals surface area contributed by atoms with E-state index in [2.05, 4.69) is 10.6 Å². The highest BCUT2D eigenvalue weighted by Gasteiger charge is 2.47. The van der Waals surface area contributed by atoms with Gasteiger partial charge in [-0.2, -0.15) is 0 Å². The van der Waals surface area contributed by atoms with Gasteiger partial charge >= 0.3 is 12.1 Å². The van der Waals surface area contributed by atoms with Gasteiger partial charge in [-0.1, -0.05) is 48.5 Å². The highest BCUT2D eigenvalue weighted by Crippen LogP contribution is 2.44. The standard InChI is InChI=1S/C25H28N2O6S/c1-34(32)25(12-13-25)15-26-23(30)21(10-11-22(28)29)27-24(31)33-14-20-18-8-4-2-6-16(18)17-7-3-5-9-19(17)20/h2-9,20-21H,10-15H2,1H3,(H,26,30)(H,27,31)(H,28,29). The lowest BCUT2D eigenvalue weighted by atomic mass is 9.98. The lowest BCUT2D eigenvalue weighted by Crippen LogP contribution is -2.49. The van der Waals surface area contributed by atoms with E-state index in [0.717, 1.165) is 35.1 Å². The number of aliphatic carboxylic acids is 1. The number of alkyl carbamates (subject to hydrolysis) is 1. The number of amides is 2. The van der Waals surface area contributed by atoms with Gasteiger partial charge in [0.1, 0.15) is 12.6 Å². The molecule has 1 fully saturated rings. The summed E-state index contributed by atoms with van der Waals surface area (Å²) in [7, 11) is -1.08. The zero-order valence-electron chi connectivity index (χ0n) is 18.9. The predicted octanol–water partition coefficient (Wildman–Crippen LogP) is 2.79. The number of carboxylic acid groups (broad SMARTS) is 1. The SMILES string of the molecule is CS(=O)C1(CNC(=O)C(CCC(=O)O)NC(=O)OCC2c3ccccc3-c3ccccc32)CC1. The Morgan fingerprint density at radius 1 is 1.09 bits per heavy atom. The molecule has 2 unspecified atom stereocenters. The first-order valence-electron chi connectivity index (χ1n) is 11.3. The van der Waals surface area contributed by atoms with E-state index in [0.29, 0.717) is 0 Å². The molecule has 0 saturated heterocycles. The summed E-state index contributed by atoms with van der Waals surface area (Å²) in [6.45, 7) is 0.315. The summed E-state index contributed by atoms with van der Waals surface area (Å²) in [6.07, 6.45) is 1.98. The number of hydrogen-bond acceptors (Lipinski definition) is 5. The Morgan fingerprint density at radius 2 is 1.68 bits per heavy atom. The lowest BCUT2D eigenvalue weighted by molar-refractivity contribution is -0.137. The molecular formula is C25H28N2O6S. The molecule has 0 heterocycles. The molecule has 2 aliphatic rings. The van der Waals surface area contributed by atoms with Gasteiger partial charge in [-0.3, -0.25) is 13.8 Å². The third-order valence-corrected chi connectivity index (χ3v) is 8.37. The quantitative estimate of drug-likeness (QED) is 0.477.